The molecule has 2 amide bonds. The first-order valence-corrected chi connectivity index (χ1v) is 9.25. The summed E-state index contributed by atoms with van der Waals surface area (Å²) in [6.07, 6.45) is 5.65. The molecule has 3 aromatic rings. The number of amides is 2. The summed E-state index contributed by atoms with van der Waals surface area (Å²) in [6, 6.07) is 17.7. The molecule has 0 atom stereocenters. The summed E-state index contributed by atoms with van der Waals surface area (Å²) in [5.41, 5.74) is 2.38. The van der Waals surface area contributed by atoms with Crippen LogP contribution < -0.4 is 10.6 Å². The number of aromatic nitrogens is 1. The van der Waals surface area contributed by atoms with Gasteiger partial charge in [-0.05, 0) is 55.0 Å². The van der Waals surface area contributed by atoms with Gasteiger partial charge in [-0.3, -0.25) is 0 Å². The molecule has 2 aromatic carbocycles. The molecule has 0 radical (unpaired) electrons. The lowest BCUT2D eigenvalue weighted by molar-refractivity contribution is 0.0501. The maximum absolute atomic E-state index is 12.4. The van der Waals surface area contributed by atoms with Crippen molar-refractivity contribution in [3.63, 3.8) is 0 Å². The summed E-state index contributed by atoms with van der Waals surface area (Å²) in [4.78, 5) is 24.6. The number of unbranched alkanes of at least 4 members (excludes halogenated alkanes) is 1. The minimum absolute atomic E-state index is 0.330. The van der Waals surface area contributed by atoms with Crippen LogP contribution >= 0.6 is 0 Å². The normalized spacial score (nSPS) is 10.3. The highest BCUT2D eigenvalue weighted by Crippen LogP contribution is 2.18. The average molecular weight is 377 g/mol. The monoisotopic (exact) mass is 377 g/mol. The van der Waals surface area contributed by atoms with Gasteiger partial charge in [0.05, 0.1) is 17.9 Å². The van der Waals surface area contributed by atoms with Crippen LogP contribution in [0.2, 0.25) is 0 Å². The van der Waals surface area contributed by atoms with Crippen LogP contribution in [0.4, 0.5) is 16.2 Å². The Labute approximate surface area is 164 Å². The fraction of sp³-hybridized carbons (Fsp3) is 0.182. The van der Waals surface area contributed by atoms with Gasteiger partial charge in [0.25, 0.3) is 0 Å². The molecule has 1 heterocycles. The second kappa shape index (κ2) is 9.41. The fourth-order valence-corrected chi connectivity index (χ4v) is 2.67. The van der Waals surface area contributed by atoms with Crippen LogP contribution in [0.1, 0.15) is 30.1 Å². The van der Waals surface area contributed by atoms with Crippen LogP contribution in [0.15, 0.2) is 73.1 Å². The molecule has 0 unspecified atom stereocenters. The van der Waals surface area contributed by atoms with Gasteiger partial charge in [-0.15, -0.1) is 0 Å². The summed E-state index contributed by atoms with van der Waals surface area (Å²) >= 11 is 0. The fourth-order valence-electron chi connectivity index (χ4n) is 2.67. The van der Waals surface area contributed by atoms with E-state index in [0.717, 1.165) is 18.5 Å². The molecule has 0 fully saturated rings. The molecule has 28 heavy (non-hydrogen) atoms. The quantitative estimate of drug-likeness (QED) is 0.445. The number of rotatable bonds is 7. The number of anilines is 2. The van der Waals surface area contributed by atoms with Crippen molar-refractivity contribution in [2.75, 3.05) is 17.2 Å². The Morgan fingerprint density at radius 1 is 0.929 bits per heavy atom. The molecule has 0 saturated carbocycles. The molecule has 144 valence electrons. The number of carbonyl (C=O) groups is 2. The third-order valence-corrected chi connectivity index (χ3v) is 4.15. The van der Waals surface area contributed by atoms with Crippen LogP contribution in [0.25, 0.3) is 5.69 Å². The van der Waals surface area contributed by atoms with Crippen molar-refractivity contribution in [2.24, 2.45) is 0 Å². The number of nitrogens with zero attached hydrogens (tertiary/aromatic N) is 1. The maximum atomic E-state index is 12.4. The van der Waals surface area contributed by atoms with Crippen molar-refractivity contribution in [1.29, 1.82) is 0 Å². The highest BCUT2D eigenvalue weighted by Gasteiger charge is 2.14. The van der Waals surface area contributed by atoms with E-state index in [2.05, 4.69) is 10.6 Å². The van der Waals surface area contributed by atoms with Crippen LogP contribution in [0, 0.1) is 0 Å². The number of urea groups is 1. The van der Waals surface area contributed by atoms with E-state index in [1.807, 2.05) is 60.3 Å². The number of para-hydroxylation sites is 1. The first-order valence-electron chi connectivity index (χ1n) is 9.25. The molecule has 0 saturated heterocycles. The van der Waals surface area contributed by atoms with Gasteiger partial charge in [0, 0.05) is 23.8 Å². The minimum atomic E-state index is -0.444. The van der Waals surface area contributed by atoms with E-state index in [-0.39, 0.29) is 0 Å². The highest BCUT2D eigenvalue weighted by atomic mass is 16.5. The second-order valence-electron chi connectivity index (χ2n) is 6.25. The zero-order valence-corrected chi connectivity index (χ0v) is 15.7. The molecule has 6 heteroatoms. The van der Waals surface area contributed by atoms with E-state index in [4.69, 9.17) is 4.74 Å². The topological polar surface area (TPSA) is 72.4 Å². The molecule has 6 nitrogen and oxygen atoms in total. The van der Waals surface area contributed by atoms with Gasteiger partial charge in [0.1, 0.15) is 0 Å². The number of carbonyl (C=O) groups excluding carboxylic acids is 2. The van der Waals surface area contributed by atoms with Crippen molar-refractivity contribution >= 4 is 23.4 Å². The molecular formula is C22H23N3O3. The molecule has 0 spiro atoms. The lowest BCUT2D eigenvalue weighted by Crippen LogP contribution is -2.21. The Balaban J connectivity index is 1.62. The summed E-state index contributed by atoms with van der Waals surface area (Å²) in [6.45, 7) is 2.39. The number of hydrogen-bond donors (Lipinski definition) is 2. The first-order chi connectivity index (χ1) is 13.7. The molecular weight excluding hydrogens is 354 g/mol. The first kappa shape index (κ1) is 19.2. The Morgan fingerprint density at radius 2 is 1.64 bits per heavy atom. The maximum Gasteiger partial charge on any atom is 0.340 e. The zero-order chi connectivity index (χ0) is 19.8. The van der Waals surface area contributed by atoms with E-state index >= 15 is 0 Å². The molecule has 1 aromatic heterocycles. The van der Waals surface area contributed by atoms with Gasteiger partial charge < -0.3 is 19.9 Å². The third kappa shape index (κ3) is 5.01. The number of benzene rings is 2. The summed E-state index contributed by atoms with van der Waals surface area (Å²) in [7, 11) is 0. The van der Waals surface area contributed by atoms with Crippen LogP contribution in [-0.4, -0.2) is 23.2 Å². The number of ether oxygens (including phenoxy) is 1. The molecule has 3 rings (SSSR count). The number of nitrogens with one attached hydrogen (secondary N) is 2. The lowest BCUT2D eigenvalue weighted by atomic mass is 10.2. The molecule has 2 N–H and O–H groups in total. The molecule has 0 aliphatic rings. The van der Waals surface area contributed by atoms with Gasteiger partial charge in [-0.1, -0.05) is 25.5 Å². The van der Waals surface area contributed by atoms with Crippen molar-refractivity contribution < 1.29 is 14.3 Å². The van der Waals surface area contributed by atoms with Crippen molar-refractivity contribution in [2.45, 2.75) is 19.8 Å². The van der Waals surface area contributed by atoms with Crippen LogP contribution in [0.3, 0.4) is 0 Å². The Hall–Kier alpha value is -3.54. The van der Waals surface area contributed by atoms with Gasteiger partial charge in [-0.25, -0.2) is 9.59 Å². The van der Waals surface area contributed by atoms with Crippen LogP contribution in [-0.2, 0) is 4.74 Å². The average Bonchev–Trinajstić information content (AvgIpc) is 3.24. The zero-order valence-electron chi connectivity index (χ0n) is 15.7. The Bertz CT molecular complexity index is 918. The summed E-state index contributed by atoms with van der Waals surface area (Å²) in [5.74, 6) is -0.444. The van der Waals surface area contributed by atoms with E-state index < -0.39 is 12.0 Å². The van der Waals surface area contributed by atoms with Crippen molar-refractivity contribution in [1.82, 2.24) is 4.57 Å². The molecule has 0 aliphatic heterocycles. The SMILES string of the molecule is CCCCOC(=O)c1ccccc1NC(=O)Nc1ccc(-n2cccc2)cc1. The third-order valence-electron chi connectivity index (χ3n) is 4.15. The smallest absolute Gasteiger partial charge is 0.340 e. The lowest BCUT2D eigenvalue weighted by Gasteiger charge is -2.12. The van der Waals surface area contributed by atoms with E-state index in [0.29, 0.717) is 23.5 Å². The molecule has 0 bridgehead atoms. The standard InChI is InChI=1S/C22H23N3O3/c1-2-3-16-28-21(26)19-8-4-5-9-20(19)24-22(27)23-17-10-12-18(13-11-17)25-14-6-7-15-25/h4-15H,2-3,16H2,1H3,(H2,23,24,27). The minimum Gasteiger partial charge on any atom is -0.462 e. The van der Waals surface area contributed by atoms with Crippen LogP contribution in [0.5, 0.6) is 0 Å². The summed E-state index contributed by atoms with van der Waals surface area (Å²) < 4.78 is 7.22. The van der Waals surface area contributed by atoms with E-state index in [1.165, 1.54) is 0 Å². The van der Waals surface area contributed by atoms with Gasteiger partial charge in [0.2, 0.25) is 0 Å². The number of esters is 1. The van der Waals surface area contributed by atoms with E-state index in [9.17, 15) is 9.59 Å². The molecule has 0 aliphatic carbocycles. The van der Waals surface area contributed by atoms with Gasteiger partial charge >= 0.3 is 12.0 Å². The summed E-state index contributed by atoms with van der Waals surface area (Å²) in [5, 5.41) is 5.49. The van der Waals surface area contributed by atoms with E-state index in [1.54, 1.807) is 24.3 Å². The largest absolute Gasteiger partial charge is 0.462 e. The number of hydrogen-bond acceptors (Lipinski definition) is 3. The van der Waals surface area contributed by atoms with Crippen molar-refractivity contribution in [3.05, 3.63) is 78.6 Å². The highest BCUT2D eigenvalue weighted by molar-refractivity contribution is 6.05. The van der Waals surface area contributed by atoms with Gasteiger partial charge in [0.15, 0.2) is 0 Å². The predicted octanol–water partition coefficient (Wildman–Crippen LogP) is 5.08. The Kier molecular flexibility index (Phi) is 6.46. The van der Waals surface area contributed by atoms with Gasteiger partial charge in [-0.2, -0.15) is 0 Å². The predicted molar refractivity (Wildman–Crippen MR) is 110 cm³/mol. The van der Waals surface area contributed by atoms with Crippen molar-refractivity contribution in [3.8, 4) is 5.69 Å². The second-order valence-corrected chi connectivity index (χ2v) is 6.25. The Morgan fingerprint density at radius 3 is 2.36 bits per heavy atom.